The van der Waals surface area contributed by atoms with Crippen molar-refractivity contribution in [3.05, 3.63) is 24.0 Å². The number of nitrogens with two attached hydrogens (primary N) is 1. The van der Waals surface area contributed by atoms with Crippen LogP contribution < -0.4 is 5.73 Å². The van der Waals surface area contributed by atoms with Crippen LogP contribution in [-0.4, -0.2) is 19.5 Å². The lowest BCUT2D eigenvalue weighted by atomic mass is 10.3. The summed E-state index contributed by atoms with van der Waals surface area (Å²) in [5.74, 6) is 0.545. The fraction of sp³-hybridized carbons (Fsp3) is 0.400. The lowest BCUT2D eigenvalue weighted by Crippen LogP contribution is -1.95. The second-order valence-corrected chi connectivity index (χ2v) is 3.98. The van der Waals surface area contributed by atoms with Crippen LogP contribution >= 0.6 is 11.8 Å². The first-order chi connectivity index (χ1) is 6.75. The number of methoxy groups -OCH3 is 1. The minimum absolute atomic E-state index is 0.245. The van der Waals surface area contributed by atoms with Crippen molar-refractivity contribution in [1.29, 1.82) is 0 Å². The second kappa shape index (κ2) is 5.88. The van der Waals surface area contributed by atoms with E-state index < -0.39 is 0 Å². The van der Waals surface area contributed by atoms with Crippen LogP contribution in [-0.2, 0) is 4.74 Å². The number of nitrogen functional groups attached to an aromatic ring is 1. The molecule has 0 saturated carbocycles. The summed E-state index contributed by atoms with van der Waals surface area (Å²) in [6.45, 7) is 0.724. The average molecular weight is 215 g/mol. The van der Waals surface area contributed by atoms with E-state index in [9.17, 15) is 4.39 Å². The Bertz CT molecular complexity index is 293. The highest BCUT2D eigenvalue weighted by atomic mass is 32.2. The standard InChI is InChI=1S/C10H14FNOS/c1-13-6-3-7-14-9-5-2-4-8(11)10(9)12/h2,4-5H,3,6-7,12H2,1H3. The molecule has 1 rings (SSSR count). The van der Waals surface area contributed by atoms with Crippen LogP contribution in [0.2, 0.25) is 0 Å². The molecule has 0 aliphatic carbocycles. The summed E-state index contributed by atoms with van der Waals surface area (Å²) in [5.41, 5.74) is 5.82. The summed E-state index contributed by atoms with van der Waals surface area (Å²) in [6.07, 6.45) is 0.942. The van der Waals surface area contributed by atoms with E-state index in [1.54, 1.807) is 24.9 Å². The quantitative estimate of drug-likeness (QED) is 0.466. The van der Waals surface area contributed by atoms with Gasteiger partial charge in [0.2, 0.25) is 0 Å². The van der Waals surface area contributed by atoms with Crippen LogP contribution in [0.4, 0.5) is 10.1 Å². The maximum Gasteiger partial charge on any atom is 0.147 e. The lowest BCUT2D eigenvalue weighted by Gasteiger charge is -2.05. The molecule has 4 heteroatoms. The van der Waals surface area contributed by atoms with Gasteiger partial charge in [0, 0.05) is 24.4 Å². The van der Waals surface area contributed by atoms with E-state index in [1.807, 2.05) is 6.07 Å². The monoisotopic (exact) mass is 215 g/mol. The molecule has 0 spiro atoms. The van der Waals surface area contributed by atoms with Gasteiger partial charge in [-0.05, 0) is 18.6 Å². The highest BCUT2D eigenvalue weighted by Crippen LogP contribution is 2.27. The molecule has 2 N–H and O–H groups in total. The number of halogens is 1. The van der Waals surface area contributed by atoms with Crippen molar-refractivity contribution in [3.63, 3.8) is 0 Å². The predicted molar refractivity (Wildman–Crippen MR) is 58.0 cm³/mol. The summed E-state index contributed by atoms with van der Waals surface area (Å²) in [4.78, 5) is 0.807. The van der Waals surface area contributed by atoms with Crippen LogP contribution in [0, 0.1) is 5.82 Å². The Morgan fingerprint density at radius 3 is 3.00 bits per heavy atom. The maximum atomic E-state index is 13.0. The fourth-order valence-corrected chi connectivity index (χ4v) is 1.94. The van der Waals surface area contributed by atoms with Crippen LogP contribution in [0.1, 0.15) is 6.42 Å². The first kappa shape index (κ1) is 11.3. The Hall–Kier alpha value is -0.740. The largest absolute Gasteiger partial charge is 0.395 e. The van der Waals surface area contributed by atoms with Gasteiger partial charge < -0.3 is 10.5 Å². The number of benzene rings is 1. The van der Waals surface area contributed by atoms with E-state index in [0.717, 1.165) is 23.7 Å². The van der Waals surface area contributed by atoms with Crippen molar-refractivity contribution in [1.82, 2.24) is 0 Å². The van der Waals surface area contributed by atoms with Gasteiger partial charge in [0.05, 0.1) is 5.69 Å². The maximum absolute atomic E-state index is 13.0. The molecule has 0 heterocycles. The van der Waals surface area contributed by atoms with E-state index >= 15 is 0 Å². The third-order valence-corrected chi connectivity index (χ3v) is 2.92. The van der Waals surface area contributed by atoms with Crippen LogP contribution in [0.25, 0.3) is 0 Å². The Labute approximate surface area is 87.6 Å². The topological polar surface area (TPSA) is 35.2 Å². The third kappa shape index (κ3) is 3.20. The van der Waals surface area contributed by atoms with Crippen molar-refractivity contribution in [2.45, 2.75) is 11.3 Å². The molecular weight excluding hydrogens is 201 g/mol. The summed E-state index contributed by atoms with van der Waals surface area (Å²) >= 11 is 1.56. The SMILES string of the molecule is COCCCSc1cccc(F)c1N. The van der Waals surface area contributed by atoms with Crippen LogP contribution in [0.5, 0.6) is 0 Å². The lowest BCUT2D eigenvalue weighted by molar-refractivity contribution is 0.200. The molecule has 0 fully saturated rings. The van der Waals surface area contributed by atoms with Gasteiger partial charge in [-0.15, -0.1) is 11.8 Å². The van der Waals surface area contributed by atoms with Crippen molar-refractivity contribution in [2.24, 2.45) is 0 Å². The molecule has 0 bridgehead atoms. The zero-order valence-corrected chi connectivity index (χ0v) is 8.94. The average Bonchev–Trinajstić information content (AvgIpc) is 2.19. The zero-order chi connectivity index (χ0) is 10.4. The van der Waals surface area contributed by atoms with Gasteiger partial charge in [0.1, 0.15) is 5.82 Å². The molecule has 78 valence electrons. The highest BCUT2D eigenvalue weighted by molar-refractivity contribution is 7.99. The smallest absolute Gasteiger partial charge is 0.147 e. The van der Waals surface area contributed by atoms with E-state index in [-0.39, 0.29) is 11.5 Å². The highest BCUT2D eigenvalue weighted by Gasteiger charge is 2.03. The van der Waals surface area contributed by atoms with Gasteiger partial charge in [-0.3, -0.25) is 0 Å². The molecule has 0 aromatic heterocycles. The summed E-state index contributed by atoms with van der Waals surface area (Å²) in [6, 6.07) is 4.87. The van der Waals surface area contributed by atoms with Gasteiger partial charge in [0.15, 0.2) is 0 Å². The Morgan fingerprint density at radius 2 is 2.29 bits per heavy atom. The minimum atomic E-state index is -0.346. The molecular formula is C10H14FNOS. The van der Waals surface area contributed by atoms with Crippen molar-refractivity contribution in [2.75, 3.05) is 25.2 Å². The first-order valence-electron chi connectivity index (χ1n) is 4.41. The summed E-state index contributed by atoms with van der Waals surface area (Å²) in [5, 5.41) is 0. The van der Waals surface area contributed by atoms with Gasteiger partial charge in [-0.25, -0.2) is 4.39 Å². The second-order valence-electron chi connectivity index (χ2n) is 2.85. The third-order valence-electron chi connectivity index (χ3n) is 1.76. The number of ether oxygens (including phenoxy) is 1. The minimum Gasteiger partial charge on any atom is -0.395 e. The van der Waals surface area contributed by atoms with E-state index in [4.69, 9.17) is 10.5 Å². The summed E-state index contributed by atoms with van der Waals surface area (Å²) in [7, 11) is 1.67. The molecule has 2 nitrogen and oxygen atoms in total. The molecule has 0 radical (unpaired) electrons. The number of anilines is 1. The number of thioether (sulfide) groups is 1. The van der Waals surface area contributed by atoms with E-state index in [1.165, 1.54) is 6.07 Å². The number of para-hydroxylation sites is 1. The van der Waals surface area contributed by atoms with Crippen molar-refractivity contribution in [3.8, 4) is 0 Å². The normalized spacial score (nSPS) is 10.4. The molecule has 14 heavy (non-hydrogen) atoms. The predicted octanol–water partition coefficient (Wildman–Crippen LogP) is 2.54. The Kier molecular flexibility index (Phi) is 4.76. The Balaban J connectivity index is 2.46. The molecule has 0 amide bonds. The van der Waals surface area contributed by atoms with E-state index in [2.05, 4.69) is 0 Å². The van der Waals surface area contributed by atoms with Crippen LogP contribution in [0.15, 0.2) is 23.1 Å². The molecule has 0 unspecified atom stereocenters. The van der Waals surface area contributed by atoms with Gasteiger partial charge in [-0.1, -0.05) is 6.07 Å². The van der Waals surface area contributed by atoms with Crippen molar-refractivity contribution >= 4 is 17.4 Å². The molecule has 0 atom stereocenters. The Morgan fingerprint density at radius 1 is 1.50 bits per heavy atom. The van der Waals surface area contributed by atoms with Gasteiger partial charge >= 0.3 is 0 Å². The fourth-order valence-electron chi connectivity index (χ4n) is 1.03. The molecule has 1 aromatic rings. The molecule has 1 aromatic carbocycles. The van der Waals surface area contributed by atoms with Gasteiger partial charge in [-0.2, -0.15) is 0 Å². The van der Waals surface area contributed by atoms with Gasteiger partial charge in [0.25, 0.3) is 0 Å². The molecule has 0 aliphatic rings. The number of rotatable bonds is 5. The van der Waals surface area contributed by atoms with Crippen LogP contribution in [0.3, 0.4) is 0 Å². The van der Waals surface area contributed by atoms with Crippen molar-refractivity contribution < 1.29 is 9.13 Å². The van der Waals surface area contributed by atoms with E-state index in [0.29, 0.717) is 0 Å². The molecule has 0 aliphatic heterocycles. The first-order valence-corrected chi connectivity index (χ1v) is 5.40. The number of hydrogen-bond acceptors (Lipinski definition) is 3. The number of hydrogen-bond donors (Lipinski definition) is 1. The zero-order valence-electron chi connectivity index (χ0n) is 8.13. The molecule has 0 saturated heterocycles. The summed E-state index contributed by atoms with van der Waals surface area (Å²) < 4.78 is 17.9.